The fourth-order valence-electron chi connectivity index (χ4n) is 3.33. The van der Waals surface area contributed by atoms with E-state index in [4.69, 9.17) is 17.3 Å². The van der Waals surface area contributed by atoms with E-state index in [0.29, 0.717) is 23.9 Å². The van der Waals surface area contributed by atoms with Gasteiger partial charge >= 0.3 is 0 Å². The smallest absolute Gasteiger partial charge is 0.225 e. The molecule has 0 aliphatic heterocycles. The van der Waals surface area contributed by atoms with E-state index in [1.807, 2.05) is 49.7 Å². The first-order chi connectivity index (χ1) is 11.8. The Morgan fingerprint density at radius 1 is 1.35 bits per heavy atom. The van der Waals surface area contributed by atoms with Crippen LogP contribution < -0.4 is 11.1 Å². The summed E-state index contributed by atoms with van der Waals surface area (Å²) < 4.78 is 1.86. The number of amides is 1. The average Bonchev–Trinajstić information content (AvgIpc) is 3.39. The molecule has 3 N–H and O–H groups in total. The fourth-order valence-corrected chi connectivity index (χ4v) is 3.45. The van der Waals surface area contributed by atoms with Gasteiger partial charge in [0.2, 0.25) is 5.91 Å². The number of benzene rings is 1. The highest BCUT2D eigenvalue weighted by atomic mass is 35.5. The molecule has 0 saturated heterocycles. The maximum atomic E-state index is 12.6. The van der Waals surface area contributed by atoms with Crippen LogP contribution in [0.5, 0.6) is 0 Å². The Morgan fingerprint density at radius 3 is 2.50 bits per heavy atom. The van der Waals surface area contributed by atoms with Crippen LogP contribution in [0.25, 0.3) is 5.69 Å². The summed E-state index contributed by atoms with van der Waals surface area (Å²) in [6.07, 6.45) is 2.59. The lowest BCUT2D eigenvalue weighted by Crippen LogP contribution is -2.53. The summed E-state index contributed by atoms with van der Waals surface area (Å²) in [7, 11) is 0. The normalized spacial score (nSPS) is 15.9. The third-order valence-electron chi connectivity index (χ3n) is 5.18. The number of nitrogens with zero attached hydrogens (tertiary/aromatic N) is 2. The highest BCUT2D eigenvalue weighted by molar-refractivity contribution is 6.30. The lowest BCUT2D eigenvalue weighted by molar-refractivity contribution is -0.122. The summed E-state index contributed by atoms with van der Waals surface area (Å²) in [6, 6.07) is 7.51. The van der Waals surface area contributed by atoms with Crippen molar-refractivity contribution >= 4 is 29.9 Å². The Hall–Kier alpha value is -1.56. The van der Waals surface area contributed by atoms with Gasteiger partial charge < -0.3 is 11.1 Å². The van der Waals surface area contributed by atoms with Gasteiger partial charge in [-0.3, -0.25) is 4.79 Å². The number of hydrogen-bond donors (Lipinski definition) is 2. The number of hydrogen-bond acceptors (Lipinski definition) is 3. The summed E-state index contributed by atoms with van der Waals surface area (Å²) >= 11 is 5.96. The molecule has 1 aliphatic carbocycles. The van der Waals surface area contributed by atoms with E-state index in [1.165, 1.54) is 0 Å². The molecule has 1 saturated carbocycles. The second-order valence-corrected chi connectivity index (χ2v) is 7.59. The molecule has 0 spiro atoms. The van der Waals surface area contributed by atoms with Crippen molar-refractivity contribution in [2.75, 3.05) is 6.54 Å². The zero-order valence-corrected chi connectivity index (χ0v) is 17.0. The molecule has 1 amide bonds. The van der Waals surface area contributed by atoms with Gasteiger partial charge in [0.25, 0.3) is 0 Å². The van der Waals surface area contributed by atoms with Gasteiger partial charge in [-0.1, -0.05) is 11.6 Å². The van der Waals surface area contributed by atoms with E-state index < -0.39 is 0 Å². The standard InChI is InChI=1S/C19H25ClN4O.ClH/c1-12-17(10-18(25)22-19(3,11-21)14-4-5-14)13(2)24(23-12)16-8-6-15(20)7-9-16;/h6-9,14H,4-5,10-11,21H2,1-3H3,(H,22,25);1H. The minimum absolute atomic E-state index is 0. The SMILES string of the molecule is Cc1nn(-c2ccc(Cl)cc2)c(C)c1CC(=O)NC(C)(CN)C1CC1.Cl. The molecule has 0 radical (unpaired) electrons. The van der Waals surface area contributed by atoms with Crippen LogP contribution in [0.2, 0.25) is 5.02 Å². The third-order valence-corrected chi connectivity index (χ3v) is 5.43. The molecule has 1 aromatic carbocycles. The van der Waals surface area contributed by atoms with Crippen LogP contribution in [0.15, 0.2) is 24.3 Å². The molecule has 7 heteroatoms. The van der Waals surface area contributed by atoms with Gasteiger partial charge in [0, 0.05) is 22.8 Å². The Morgan fingerprint density at radius 2 is 1.96 bits per heavy atom. The molecule has 0 bridgehead atoms. The molecular formula is C19H26Cl2N4O. The molecule has 1 heterocycles. The van der Waals surface area contributed by atoms with Crippen molar-refractivity contribution in [3.63, 3.8) is 0 Å². The lowest BCUT2D eigenvalue weighted by Gasteiger charge is -2.29. The molecular weight excluding hydrogens is 371 g/mol. The number of nitrogens with one attached hydrogen (secondary N) is 1. The van der Waals surface area contributed by atoms with Gasteiger partial charge in [0.1, 0.15) is 0 Å². The highest BCUT2D eigenvalue weighted by Crippen LogP contribution is 2.39. The zero-order chi connectivity index (χ0) is 18.2. The predicted molar refractivity (Wildman–Crippen MR) is 107 cm³/mol. The monoisotopic (exact) mass is 396 g/mol. The predicted octanol–water partition coefficient (Wildman–Crippen LogP) is 3.35. The number of aryl methyl sites for hydroxylation is 1. The molecule has 1 fully saturated rings. The largest absolute Gasteiger partial charge is 0.349 e. The minimum atomic E-state index is -0.301. The average molecular weight is 397 g/mol. The molecule has 2 aromatic rings. The zero-order valence-electron chi connectivity index (χ0n) is 15.4. The van der Waals surface area contributed by atoms with Gasteiger partial charge in [0.15, 0.2) is 0 Å². The van der Waals surface area contributed by atoms with Gasteiger partial charge in [-0.05, 0) is 63.8 Å². The fraction of sp³-hybridized carbons (Fsp3) is 0.474. The van der Waals surface area contributed by atoms with E-state index in [0.717, 1.165) is 35.5 Å². The topological polar surface area (TPSA) is 72.9 Å². The van der Waals surface area contributed by atoms with Crippen LogP contribution in [0.3, 0.4) is 0 Å². The van der Waals surface area contributed by atoms with E-state index in [2.05, 4.69) is 10.4 Å². The number of carbonyl (C=O) groups excluding carboxylic acids is 1. The summed E-state index contributed by atoms with van der Waals surface area (Å²) in [5.74, 6) is 0.502. The first-order valence-electron chi connectivity index (χ1n) is 8.66. The van der Waals surface area contributed by atoms with Crippen LogP contribution in [-0.4, -0.2) is 27.8 Å². The lowest BCUT2D eigenvalue weighted by atomic mass is 9.95. The Balaban J connectivity index is 0.00000243. The highest BCUT2D eigenvalue weighted by Gasteiger charge is 2.41. The molecule has 5 nitrogen and oxygen atoms in total. The van der Waals surface area contributed by atoms with Crippen molar-refractivity contribution < 1.29 is 4.79 Å². The third kappa shape index (κ3) is 4.22. The number of halogens is 2. The van der Waals surface area contributed by atoms with Gasteiger partial charge in [0.05, 0.1) is 23.3 Å². The van der Waals surface area contributed by atoms with Crippen LogP contribution in [0.1, 0.15) is 36.7 Å². The van der Waals surface area contributed by atoms with Crippen molar-refractivity contribution in [2.24, 2.45) is 11.7 Å². The quantitative estimate of drug-likeness (QED) is 0.785. The minimum Gasteiger partial charge on any atom is -0.349 e. The molecule has 1 unspecified atom stereocenters. The molecule has 142 valence electrons. The maximum Gasteiger partial charge on any atom is 0.225 e. The van der Waals surface area contributed by atoms with Crippen molar-refractivity contribution in [1.82, 2.24) is 15.1 Å². The van der Waals surface area contributed by atoms with E-state index in [-0.39, 0.29) is 23.9 Å². The molecule has 26 heavy (non-hydrogen) atoms. The first-order valence-corrected chi connectivity index (χ1v) is 9.04. The maximum absolute atomic E-state index is 12.6. The van der Waals surface area contributed by atoms with Crippen molar-refractivity contribution in [3.8, 4) is 5.69 Å². The van der Waals surface area contributed by atoms with Crippen LogP contribution in [-0.2, 0) is 11.2 Å². The Bertz CT molecular complexity index is 784. The first kappa shape index (κ1) is 20.7. The van der Waals surface area contributed by atoms with E-state index >= 15 is 0 Å². The van der Waals surface area contributed by atoms with Crippen LogP contribution in [0.4, 0.5) is 0 Å². The van der Waals surface area contributed by atoms with Gasteiger partial charge in [-0.2, -0.15) is 5.10 Å². The van der Waals surface area contributed by atoms with Gasteiger partial charge in [-0.25, -0.2) is 4.68 Å². The summed E-state index contributed by atoms with van der Waals surface area (Å²) in [4.78, 5) is 12.6. The molecule has 1 aromatic heterocycles. The number of nitrogens with two attached hydrogens (primary N) is 1. The summed E-state index contributed by atoms with van der Waals surface area (Å²) in [6.45, 7) is 6.43. The van der Waals surface area contributed by atoms with E-state index in [1.54, 1.807) is 0 Å². The number of carbonyl (C=O) groups is 1. The van der Waals surface area contributed by atoms with Crippen molar-refractivity contribution in [3.05, 3.63) is 46.2 Å². The van der Waals surface area contributed by atoms with Crippen molar-refractivity contribution in [2.45, 2.75) is 45.6 Å². The van der Waals surface area contributed by atoms with Crippen molar-refractivity contribution in [1.29, 1.82) is 0 Å². The second kappa shape index (κ2) is 7.99. The van der Waals surface area contributed by atoms with E-state index in [9.17, 15) is 4.79 Å². The Labute approximate surface area is 165 Å². The molecule has 3 rings (SSSR count). The second-order valence-electron chi connectivity index (χ2n) is 7.16. The Kier molecular flexibility index (Phi) is 6.37. The van der Waals surface area contributed by atoms with Crippen LogP contribution in [0, 0.1) is 19.8 Å². The number of rotatable bonds is 6. The number of aromatic nitrogens is 2. The van der Waals surface area contributed by atoms with Crippen LogP contribution >= 0.6 is 24.0 Å². The molecule has 1 aliphatic rings. The molecule has 1 atom stereocenters. The summed E-state index contributed by atoms with van der Waals surface area (Å²) in [5.41, 5.74) is 9.32. The van der Waals surface area contributed by atoms with Gasteiger partial charge in [-0.15, -0.1) is 12.4 Å². The summed E-state index contributed by atoms with van der Waals surface area (Å²) in [5, 5.41) is 8.43.